The summed E-state index contributed by atoms with van der Waals surface area (Å²) in [5.74, 6) is 0.855. The lowest BCUT2D eigenvalue weighted by atomic mass is 10.0. The zero-order chi connectivity index (χ0) is 12.8. The minimum absolute atomic E-state index is 0.0212. The van der Waals surface area contributed by atoms with Crippen molar-refractivity contribution in [1.82, 2.24) is 20.1 Å². The van der Waals surface area contributed by atoms with Gasteiger partial charge in [0.05, 0.1) is 19.0 Å². The molecule has 1 atom stereocenters. The third-order valence-corrected chi connectivity index (χ3v) is 2.81. The van der Waals surface area contributed by atoms with Crippen LogP contribution in [0.3, 0.4) is 0 Å². The lowest BCUT2D eigenvalue weighted by Crippen LogP contribution is -2.22. The summed E-state index contributed by atoms with van der Waals surface area (Å²) in [5, 5.41) is 20.1. The fraction of sp³-hybridized carbons (Fsp3) is 0.308. The molecule has 92 valence electrons. The van der Waals surface area contributed by atoms with E-state index < -0.39 is 0 Å². The zero-order valence-corrected chi connectivity index (χ0v) is 10.2. The third-order valence-electron chi connectivity index (χ3n) is 2.81. The molecule has 0 saturated heterocycles. The molecule has 5 heteroatoms. The van der Waals surface area contributed by atoms with Crippen molar-refractivity contribution in [3.05, 3.63) is 48.0 Å². The van der Waals surface area contributed by atoms with Gasteiger partial charge >= 0.3 is 0 Å². The van der Waals surface area contributed by atoms with Crippen LogP contribution in [0.25, 0.3) is 0 Å². The molecular weight excluding hydrogens is 226 g/mol. The second-order valence-corrected chi connectivity index (χ2v) is 4.06. The van der Waals surface area contributed by atoms with Gasteiger partial charge in [0.15, 0.2) is 0 Å². The summed E-state index contributed by atoms with van der Waals surface area (Å²) in [4.78, 5) is 0. The van der Waals surface area contributed by atoms with Crippen LogP contribution < -0.4 is 5.32 Å². The van der Waals surface area contributed by atoms with E-state index in [1.165, 1.54) is 0 Å². The van der Waals surface area contributed by atoms with Crippen LogP contribution in [0.15, 0.2) is 36.7 Å². The van der Waals surface area contributed by atoms with Gasteiger partial charge in [-0.2, -0.15) is 5.26 Å². The molecule has 18 heavy (non-hydrogen) atoms. The van der Waals surface area contributed by atoms with Crippen LogP contribution in [0.4, 0.5) is 0 Å². The van der Waals surface area contributed by atoms with Crippen molar-refractivity contribution in [2.45, 2.75) is 19.0 Å². The highest BCUT2D eigenvalue weighted by Gasteiger charge is 2.11. The van der Waals surface area contributed by atoms with Gasteiger partial charge in [-0.1, -0.05) is 30.3 Å². The van der Waals surface area contributed by atoms with Gasteiger partial charge in [-0.15, -0.1) is 10.2 Å². The molecule has 2 aromatic rings. The summed E-state index contributed by atoms with van der Waals surface area (Å²) in [6.45, 7) is 0.595. The van der Waals surface area contributed by atoms with E-state index in [0.29, 0.717) is 13.0 Å². The van der Waals surface area contributed by atoms with Crippen molar-refractivity contribution in [1.29, 1.82) is 5.26 Å². The van der Waals surface area contributed by atoms with Crippen molar-refractivity contribution in [2.75, 3.05) is 0 Å². The highest BCUT2D eigenvalue weighted by molar-refractivity contribution is 5.19. The van der Waals surface area contributed by atoms with Crippen LogP contribution in [0.1, 0.15) is 23.9 Å². The van der Waals surface area contributed by atoms with Gasteiger partial charge < -0.3 is 9.88 Å². The highest BCUT2D eigenvalue weighted by Crippen LogP contribution is 2.16. The number of nitriles is 1. The first kappa shape index (κ1) is 12.3. The van der Waals surface area contributed by atoms with Crippen LogP contribution in [0.2, 0.25) is 0 Å². The molecule has 0 amide bonds. The predicted octanol–water partition coefficient (Wildman–Crippen LogP) is 1.56. The maximum atomic E-state index is 8.89. The molecule has 0 aliphatic carbocycles. The molecule has 0 aliphatic heterocycles. The topological polar surface area (TPSA) is 66.5 Å². The van der Waals surface area contributed by atoms with Crippen LogP contribution in [-0.4, -0.2) is 14.8 Å². The van der Waals surface area contributed by atoms with Gasteiger partial charge in [-0.25, -0.2) is 0 Å². The Morgan fingerprint density at radius 3 is 2.78 bits per heavy atom. The fourth-order valence-electron chi connectivity index (χ4n) is 1.77. The number of aryl methyl sites for hydroxylation is 1. The molecule has 2 rings (SSSR count). The molecule has 1 aromatic heterocycles. The van der Waals surface area contributed by atoms with Crippen molar-refractivity contribution in [2.24, 2.45) is 7.05 Å². The molecule has 0 fully saturated rings. The van der Waals surface area contributed by atoms with Crippen molar-refractivity contribution < 1.29 is 0 Å². The Hall–Kier alpha value is -2.19. The molecule has 5 nitrogen and oxygen atoms in total. The van der Waals surface area contributed by atoms with Crippen LogP contribution in [-0.2, 0) is 13.6 Å². The van der Waals surface area contributed by atoms with E-state index in [1.807, 2.05) is 41.9 Å². The number of nitrogens with one attached hydrogen (secondary N) is 1. The molecule has 1 N–H and O–H groups in total. The van der Waals surface area contributed by atoms with E-state index in [-0.39, 0.29) is 6.04 Å². The number of aromatic nitrogens is 3. The summed E-state index contributed by atoms with van der Waals surface area (Å²) >= 11 is 0. The van der Waals surface area contributed by atoms with E-state index in [2.05, 4.69) is 21.6 Å². The molecule has 1 unspecified atom stereocenters. The number of hydrogen-bond donors (Lipinski definition) is 1. The van der Waals surface area contributed by atoms with Crippen molar-refractivity contribution in [3.63, 3.8) is 0 Å². The molecule has 0 saturated carbocycles. The molecule has 0 spiro atoms. The van der Waals surface area contributed by atoms with Gasteiger partial charge in [0, 0.05) is 13.1 Å². The summed E-state index contributed by atoms with van der Waals surface area (Å²) in [7, 11) is 1.90. The van der Waals surface area contributed by atoms with Gasteiger partial charge in [-0.3, -0.25) is 0 Å². The molecule has 0 aliphatic rings. The van der Waals surface area contributed by atoms with Crippen molar-refractivity contribution in [3.8, 4) is 6.07 Å². The molecule has 1 heterocycles. The number of nitrogens with zero attached hydrogens (tertiary/aromatic N) is 4. The van der Waals surface area contributed by atoms with Gasteiger partial charge in [0.2, 0.25) is 0 Å². The predicted molar refractivity (Wildman–Crippen MR) is 67.3 cm³/mol. The van der Waals surface area contributed by atoms with Crippen LogP contribution >= 0.6 is 0 Å². The zero-order valence-electron chi connectivity index (χ0n) is 10.2. The fourth-order valence-corrected chi connectivity index (χ4v) is 1.77. The van der Waals surface area contributed by atoms with Crippen LogP contribution in [0, 0.1) is 11.3 Å². The number of hydrogen-bond acceptors (Lipinski definition) is 4. The number of rotatable bonds is 5. The largest absolute Gasteiger partial charge is 0.320 e. The Morgan fingerprint density at radius 2 is 2.17 bits per heavy atom. The molecule has 0 radical (unpaired) electrons. The second-order valence-electron chi connectivity index (χ2n) is 4.06. The Morgan fingerprint density at radius 1 is 1.39 bits per heavy atom. The quantitative estimate of drug-likeness (QED) is 0.862. The minimum Gasteiger partial charge on any atom is -0.320 e. The van der Waals surface area contributed by atoms with E-state index in [4.69, 9.17) is 5.26 Å². The maximum Gasteiger partial charge on any atom is 0.146 e. The Kier molecular flexibility index (Phi) is 4.05. The number of benzene rings is 1. The average Bonchev–Trinajstić information content (AvgIpc) is 2.81. The molecular formula is C13H15N5. The van der Waals surface area contributed by atoms with Gasteiger partial charge in [-0.05, 0) is 5.56 Å². The van der Waals surface area contributed by atoms with E-state index in [0.717, 1.165) is 11.4 Å². The second kappa shape index (κ2) is 5.94. The van der Waals surface area contributed by atoms with E-state index in [1.54, 1.807) is 6.33 Å². The van der Waals surface area contributed by atoms with Crippen molar-refractivity contribution >= 4 is 0 Å². The summed E-state index contributed by atoms with van der Waals surface area (Å²) in [5.41, 5.74) is 1.11. The Balaban J connectivity index is 2.04. The first-order valence-corrected chi connectivity index (χ1v) is 5.79. The minimum atomic E-state index is 0.0212. The molecule has 0 bridgehead atoms. The van der Waals surface area contributed by atoms with Gasteiger partial charge in [0.25, 0.3) is 0 Å². The Labute approximate surface area is 106 Å². The van der Waals surface area contributed by atoms with E-state index >= 15 is 0 Å². The summed E-state index contributed by atoms with van der Waals surface area (Å²) < 4.78 is 1.86. The van der Waals surface area contributed by atoms with E-state index in [9.17, 15) is 0 Å². The average molecular weight is 241 g/mol. The van der Waals surface area contributed by atoms with Gasteiger partial charge in [0.1, 0.15) is 12.2 Å². The smallest absolute Gasteiger partial charge is 0.146 e. The molecule has 1 aromatic carbocycles. The lowest BCUT2D eigenvalue weighted by molar-refractivity contribution is 0.521. The monoisotopic (exact) mass is 241 g/mol. The Bertz CT molecular complexity index is 526. The highest BCUT2D eigenvalue weighted by atomic mass is 15.3. The SMILES string of the molecule is Cn1cnnc1CNC(CC#N)c1ccccc1. The lowest BCUT2D eigenvalue weighted by Gasteiger charge is -2.15. The first-order valence-electron chi connectivity index (χ1n) is 5.79. The first-order chi connectivity index (χ1) is 8.81. The summed E-state index contributed by atoms with van der Waals surface area (Å²) in [6, 6.07) is 12.2. The third kappa shape index (κ3) is 2.93. The maximum absolute atomic E-state index is 8.89. The standard InChI is InChI=1S/C13H15N5/c1-18-10-16-17-13(18)9-15-12(7-8-14)11-5-3-2-4-6-11/h2-6,10,12,15H,7,9H2,1H3. The normalized spacial score (nSPS) is 12.0. The van der Waals surface area contributed by atoms with Crippen LogP contribution in [0.5, 0.6) is 0 Å². The summed E-state index contributed by atoms with van der Waals surface area (Å²) in [6.07, 6.45) is 2.10.